The molecule has 0 aliphatic heterocycles. The number of nitrogens with zero attached hydrogens (tertiary/aromatic N) is 5. The van der Waals surface area contributed by atoms with Gasteiger partial charge in [-0.25, -0.2) is 15.0 Å². The minimum atomic E-state index is 0.236. The highest BCUT2D eigenvalue weighted by Gasteiger charge is 2.27. The Morgan fingerprint density at radius 2 is 0.815 bits per heavy atom. The molecule has 0 saturated heterocycles. The molecule has 4 heterocycles. The van der Waals surface area contributed by atoms with Crippen LogP contribution in [0.15, 0.2) is 283 Å². The van der Waals surface area contributed by atoms with E-state index in [0.717, 1.165) is 133 Å². The van der Waals surface area contributed by atoms with E-state index in [1.807, 2.05) is 36.4 Å². The Morgan fingerprint density at radius 3 is 1.38 bits per heavy atom. The fourth-order valence-corrected chi connectivity index (χ4v) is 12.5. The second kappa shape index (κ2) is 19.0. The van der Waals surface area contributed by atoms with Gasteiger partial charge in [-0.1, -0.05) is 218 Å². The molecule has 15 aromatic rings. The zero-order valence-electron chi connectivity index (χ0n) is 44.0. The number of rotatable bonds is 9. The number of benzene rings is 11. The van der Waals surface area contributed by atoms with Gasteiger partial charge in [-0.05, 0) is 94.9 Å². The summed E-state index contributed by atoms with van der Waals surface area (Å²) < 4.78 is 12.3. The molecule has 6 heteroatoms. The van der Waals surface area contributed by atoms with Crippen LogP contribution in [0.5, 0.6) is 0 Å². The predicted molar refractivity (Wildman–Crippen MR) is 334 cm³/mol. The number of hydrogen-bond acceptors (Lipinski definition) is 4. The first kappa shape index (κ1) is 46.4. The molecule has 4 aromatic heterocycles. The van der Waals surface area contributed by atoms with Gasteiger partial charge in [-0.2, -0.15) is 0 Å². The highest BCUT2D eigenvalue weighted by molar-refractivity contribution is 6.29. The molecule has 380 valence electrons. The summed E-state index contributed by atoms with van der Waals surface area (Å²) in [5.41, 5.74) is 18.9. The molecular weight excluding hydrogens is 987 g/mol. The molecule has 0 spiro atoms. The number of hydrogen-bond donors (Lipinski definition) is 0. The Morgan fingerprint density at radius 1 is 0.358 bits per heavy atom. The first-order chi connectivity index (χ1) is 40.2. The van der Waals surface area contributed by atoms with Crippen LogP contribution in [-0.2, 0) is 0 Å². The average molecular weight is 1040 g/mol. The third kappa shape index (κ3) is 7.75. The fraction of sp³-hybridized carbons (Fsp3) is 0.0267. The van der Waals surface area contributed by atoms with Crippen LogP contribution in [0.4, 0.5) is 0 Å². The van der Waals surface area contributed by atoms with Crippen molar-refractivity contribution in [1.82, 2.24) is 24.1 Å². The summed E-state index contributed by atoms with van der Waals surface area (Å²) in [4.78, 5) is 15.8. The van der Waals surface area contributed by atoms with Crippen LogP contribution in [-0.4, -0.2) is 24.1 Å². The van der Waals surface area contributed by atoms with Crippen LogP contribution >= 0.6 is 0 Å². The number of para-hydroxylation sites is 3. The van der Waals surface area contributed by atoms with E-state index in [1.54, 1.807) is 0 Å². The number of allylic oxidation sites excluding steroid dienone is 4. The largest absolute Gasteiger partial charge is 0.455 e. The maximum atomic E-state index is 7.46. The first-order valence-electron chi connectivity index (χ1n) is 27.7. The predicted octanol–water partition coefficient (Wildman–Crippen LogP) is 19.4. The van der Waals surface area contributed by atoms with E-state index in [1.165, 1.54) is 5.56 Å². The second-order valence-electron chi connectivity index (χ2n) is 21.0. The molecule has 0 N–H and O–H groups in total. The molecule has 6 nitrogen and oxygen atoms in total. The smallest absolute Gasteiger partial charge is 0.164 e. The summed E-state index contributed by atoms with van der Waals surface area (Å²) in [6, 6.07) is 92.7. The minimum Gasteiger partial charge on any atom is -0.455 e. The van der Waals surface area contributed by atoms with E-state index < -0.39 is 0 Å². The van der Waals surface area contributed by atoms with Crippen molar-refractivity contribution in [2.45, 2.75) is 12.3 Å². The monoisotopic (exact) mass is 1040 g/mol. The van der Waals surface area contributed by atoms with Gasteiger partial charge >= 0.3 is 0 Å². The van der Waals surface area contributed by atoms with Crippen LogP contribution in [0.1, 0.15) is 23.5 Å². The standard InChI is InChI=1S/C75H49N5O/c1-6-20-48(21-7-1)50-34-38-52(39-35-50)62-46-56(75-77-73(54-24-10-3-11-25-54)76-74(78-75)55-26-12-4-13-27-55)47-63(53-40-36-51(37-41-53)49-22-8-2-9-23-49)70(62)80-65-33-19-17-31-61(65)69-67(80)45-43-59-58-42-44-66-68(71(58)81-72(59)69)60-30-16-18-32-64(60)79(66)57-28-14-5-15-29-57/h1-36,38-47,51H,37H2. The SMILES string of the molecule is C1=CC(c2ccccc2)CC=C1c1cc(-c2nc(-c3ccccc3)nc(-c3ccccc3)n2)cc(-c2ccc(-c3ccccc3)cc2)c1-n1c2ccccc2c2c3oc4c(ccc5c4c4ccccc4n5-c4ccccc4)c3ccc21. The fourth-order valence-electron chi connectivity index (χ4n) is 12.5. The third-order valence-corrected chi connectivity index (χ3v) is 16.3. The molecular formula is C75H49N5O. The summed E-state index contributed by atoms with van der Waals surface area (Å²) in [6.45, 7) is 0. The summed E-state index contributed by atoms with van der Waals surface area (Å²) in [7, 11) is 0. The van der Waals surface area contributed by atoms with Crippen molar-refractivity contribution in [3.63, 3.8) is 0 Å². The van der Waals surface area contributed by atoms with Gasteiger partial charge in [0, 0.05) is 61.0 Å². The maximum absolute atomic E-state index is 7.46. The van der Waals surface area contributed by atoms with Crippen molar-refractivity contribution in [2.24, 2.45) is 0 Å². The molecule has 0 fully saturated rings. The Labute approximate surface area is 467 Å². The van der Waals surface area contributed by atoms with Gasteiger partial charge in [0.1, 0.15) is 11.2 Å². The third-order valence-electron chi connectivity index (χ3n) is 16.3. The lowest BCUT2D eigenvalue weighted by atomic mass is 9.85. The van der Waals surface area contributed by atoms with Gasteiger partial charge in [-0.3, -0.25) is 0 Å². The van der Waals surface area contributed by atoms with Gasteiger partial charge in [0.2, 0.25) is 0 Å². The lowest BCUT2D eigenvalue weighted by Crippen LogP contribution is -2.06. The summed E-state index contributed by atoms with van der Waals surface area (Å²) in [6.07, 6.45) is 7.96. The van der Waals surface area contributed by atoms with Gasteiger partial charge in [0.05, 0.1) is 38.5 Å². The normalized spacial score (nSPS) is 13.5. The average Bonchev–Trinajstić information content (AvgIpc) is 4.31. The van der Waals surface area contributed by atoms with Gasteiger partial charge in [0.15, 0.2) is 17.5 Å². The lowest BCUT2D eigenvalue weighted by molar-refractivity contribution is 0.677. The number of fused-ring (bicyclic) bond motifs is 11. The number of furan rings is 1. The Balaban J connectivity index is 0.994. The molecule has 1 unspecified atom stereocenters. The molecule has 1 aliphatic carbocycles. The van der Waals surface area contributed by atoms with Crippen molar-refractivity contribution >= 4 is 71.1 Å². The van der Waals surface area contributed by atoms with E-state index in [9.17, 15) is 0 Å². The van der Waals surface area contributed by atoms with Crippen molar-refractivity contribution in [3.8, 4) is 67.8 Å². The summed E-state index contributed by atoms with van der Waals surface area (Å²) in [5, 5.41) is 6.59. The second-order valence-corrected chi connectivity index (χ2v) is 21.0. The molecule has 0 saturated carbocycles. The molecule has 11 aromatic carbocycles. The topological polar surface area (TPSA) is 61.7 Å². The van der Waals surface area contributed by atoms with Crippen molar-refractivity contribution in [2.75, 3.05) is 0 Å². The van der Waals surface area contributed by atoms with Crippen LogP contribution in [0.3, 0.4) is 0 Å². The molecule has 1 atom stereocenters. The van der Waals surface area contributed by atoms with E-state index in [4.69, 9.17) is 19.4 Å². The quantitative estimate of drug-likeness (QED) is 0.145. The number of aromatic nitrogens is 5. The van der Waals surface area contributed by atoms with Crippen LogP contribution in [0.2, 0.25) is 0 Å². The van der Waals surface area contributed by atoms with Gasteiger partial charge in [0.25, 0.3) is 0 Å². The molecule has 81 heavy (non-hydrogen) atoms. The van der Waals surface area contributed by atoms with E-state index in [0.29, 0.717) is 17.5 Å². The van der Waals surface area contributed by atoms with Gasteiger partial charge in [-0.15, -0.1) is 0 Å². The van der Waals surface area contributed by atoms with E-state index in [-0.39, 0.29) is 5.92 Å². The highest BCUT2D eigenvalue weighted by atomic mass is 16.3. The van der Waals surface area contributed by atoms with Crippen molar-refractivity contribution in [1.29, 1.82) is 0 Å². The van der Waals surface area contributed by atoms with E-state index in [2.05, 4.69) is 252 Å². The zero-order valence-corrected chi connectivity index (χ0v) is 44.0. The summed E-state index contributed by atoms with van der Waals surface area (Å²) >= 11 is 0. The molecule has 1 aliphatic rings. The molecule has 0 bridgehead atoms. The Kier molecular flexibility index (Phi) is 10.9. The zero-order chi connectivity index (χ0) is 53.4. The minimum absolute atomic E-state index is 0.236. The lowest BCUT2D eigenvalue weighted by Gasteiger charge is -2.23. The maximum Gasteiger partial charge on any atom is 0.164 e. The molecule has 0 radical (unpaired) electrons. The first-order valence-corrected chi connectivity index (χ1v) is 27.7. The van der Waals surface area contributed by atoms with Crippen molar-refractivity contribution < 1.29 is 4.42 Å². The van der Waals surface area contributed by atoms with Crippen LogP contribution < -0.4 is 0 Å². The van der Waals surface area contributed by atoms with Crippen molar-refractivity contribution in [3.05, 3.63) is 290 Å². The van der Waals surface area contributed by atoms with E-state index >= 15 is 0 Å². The van der Waals surface area contributed by atoms with Crippen LogP contribution in [0.25, 0.3) is 139 Å². The van der Waals surface area contributed by atoms with Crippen LogP contribution in [0, 0.1) is 0 Å². The summed E-state index contributed by atoms with van der Waals surface area (Å²) in [5.74, 6) is 2.05. The Hall–Kier alpha value is -10.7. The highest BCUT2D eigenvalue weighted by Crippen LogP contribution is 2.48. The van der Waals surface area contributed by atoms with Gasteiger partial charge < -0.3 is 13.6 Å². The Bertz CT molecular complexity index is 4920. The molecule has 0 amide bonds. The molecule has 16 rings (SSSR count).